The van der Waals surface area contributed by atoms with Crippen molar-refractivity contribution in [2.24, 2.45) is 0 Å². The Morgan fingerprint density at radius 1 is 1.25 bits per heavy atom. The molecule has 1 aromatic heterocycles. The maximum Gasteiger partial charge on any atom is 0.227 e. The van der Waals surface area contributed by atoms with Crippen LogP contribution in [0, 0.1) is 0 Å². The molecular weight excluding hydrogens is 352 g/mol. The number of nitrogens with zero attached hydrogens (tertiary/aromatic N) is 3. The Bertz CT molecular complexity index is 758. The van der Waals surface area contributed by atoms with E-state index in [1.807, 2.05) is 6.07 Å². The molecule has 6 heteroatoms. The Morgan fingerprint density at radius 2 is 2.07 bits per heavy atom. The summed E-state index contributed by atoms with van der Waals surface area (Å²) < 4.78 is 5.20. The maximum atomic E-state index is 12.3. The fourth-order valence-electron chi connectivity index (χ4n) is 3.72. The molecule has 2 aromatic rings. The van der Waals surface area contributed by atoms with Gasteiger partial charge >= 0.3 is 0 Å². The van der Waals surface area contributed by atoms with Crippen molar-refractivity contribution in [2.45, 2.75) is 77.9 Å². The molecule has 1 fully saturated rings. The number of nitrogens with one attached hydrogen (secondary N) is 1. The van der Waals surface area contributed by atoms with Crippen LogP contribution in [0.4, 0.5) is 0 Å². The van der Waals surface area contributed by atoms with Gasteiger partial charge in [-0.1, -0.05) is 42.8 Å². The van der Waals surface area contributed by atoms with E-state index in [2.05, 4.69) is 52.4 Å². The van der Waals surface area contributed by atoms with Crippen LogP contribution in [0.5, 0.6) is 0 Å². The number of hydrogen-bond acceptors (Lipinski definition) is 5. The zero-order valence-electron chi connectivity index (χ0n) is 17.1. The summed E-state index contributed by atoms with van der Waals surface area (Å²) >= 11 is 0. The van der Waals surface area contributed by atoms with Crippen molar-refractivity contribution in [2.75, 3.05) is 6.54 Å². The van der Waals surface area contributed by atoms with Crippen LogP contribution in [0.3, 0.4) is 0 Å². The summed E-state index contributed by atoms with van der Waals surface area (Å²) in [6, 6.07) is 9.04. The van der Waals surface area contributed by atoms with E-state index >= 15 is 0 Å². The topological polar surface area (TPSA) is 71.3 Å². The van der Waals surface area contributed by atoms with E-state index in [9.17, 15) is 4.79 Å². The molecule has 3 rings (SSSR count). The molecule has 1 aliphatic rings. The largest absolute Gasteiger partial charge is 0.352 e. The predicted molar refractivity (Wildman–Crippen MR) is 109 cm³/mol. The van der Waals surface area contributed by atoms with Crippen LogP contribution in [0.1, 0.15) is 68.8 Å². The number of benzene rings is 1. The minimum atomic E-state index is 0.0105. The summed E-state index contributed by atoms with van der Waals surface area (Å²) in [7, 11) is 0. The average Bonchev–Trinajstić information content (AvgIpc) is 3.15. The maximum absolute atomic E-state index is 12.3. The number of rotatable bonds is 9. The highest BCUT2D eigenvalue weighted by molar-refractivity contribution is 5.76. The van der Waals surface area contributed by atoms with Gasteiger partial charge in [0.2, 0.25) is 11.8 Å². The first-order valence-corrected chi connectivity index (χ1v) is 10.5. The van der Waals surface area contributed by atoms with Gasteiger partial charge in [0.05, 0.1) is 0 Å². The van der Waals surface area contributed by atoms with E-state index in [-0.39, 0.29) is 5.91 Å². The molecule has 0 aliphatic carbocycles. The SMILES string of the molecule is CCCc1noc(CCC(=O)NCc2ccccc2CN2CCCC[C@H]2C)n1. The first kappa shape index (κ1) is 20.5. The van der Waals surface area contributed by atoms with Crippen LogP contribution in [0.15, 0.2) is 28.8 Å². The van der Waals surface area contributed by atoms with Gasteiger partial charge in [-0.2, -0.15) is 4.98 Å². The van der Waals surface area contributed by atoms with Crippen LogP contribution in [0.2, 0.25) is 0 Å². The van der Waals surface area contributed by atoms with Gasteiger partial charge in [-0.05, 0) is 43.9 Å². The highest BCUT2D eigenvalue weighted by Crippen LogP contribution is 2.20. The van der Waals surface area contributed by atoms with Gasteiger partial charge < -0.3 is 9.84 Å². The van der Waals surface area contributed by atoms with Gasteiger partial charge in [-0.15, -0.1) is 0 Å². The molecule has 0 spiro atoms. The molecule has 1 saturated heterocycles. The van der Waals surface area contributed by atoms with Crippen LogP contribution in [0.25, 0.3) is 0 Å². The summed E-state index contributed by atoms with van der Waals surface area (Å²) in [6.07, 6.45) is 6.51. The standard InChI is InChI=1S/C22H32N4O2/c1-3-8-20-24-22(28-25-20)13-12-21(27)23-15-18-10-4-5-11-19(18)16-26-14-7-6-9-17(26)2/h4-5,10-11,17H,3,6-9,12-16H2,1-2H3,(H,23,27)/t17-/m1/s1. The van der Waals surface area contributed by atoms with Crippen LogP contribution < -0.4 is 5.32 Å². The van der Waals surface area contributed by atoms with Crippen molar-refractivity contribution >= 4 is 5.91 Å². The molecular formula is C22H32N4O2. The van der Waals surface area contributed by atoms with E-state index in [1.54, 1.807) is 0 Å². The van der Waals surface area contributed by atoms with Gasteiger partial charge in [0.25, 0.3) is 0 Å². The highest BCUT2D eigenvalue weighted by Gasteiger charge is 2.19. The normalized spacial score (nSPS) is 17.6. The van der Waals surface area contributed by atoms with Gasteiger partial charge in [0.15, 0.2) is 5.82 Å². The molecule has 0 unspecified atom stereocenters. The molecule has 152 valence electrons. The van der Waals surface area contributed by atoms with Gasteiger partial charge in [0.1, 0.15) is 0 Å². The van der Waals surface area contributed by atoms with Crippen LogP contribution in [-0.4, -0.2) is 33.5 Å². The van der Waals surface area contributed by atoms with Crippen molar-refractivity contribution in [1.29, 1.82) is 0 Å². The number of hydrogen-bond donors (Lipinski definition) is 1. The zero-order valence-corrected chi connectivity index (χ0v) is 17.1. The smallest absolute Gasteiger partial charge is 0.227 e. The zero-order chi connectivity index (χ0) is 19.8. The Labute approximate surface area is 167 Å². The molecule has 0 radical (unpaired) electrons. The lowest BCUT2D eigenvalue weighted by Crippen LogP contribution is -2.37. The van der Waals surface area contributed by atoms with E-state index in [4.69, 9.17) is 4.52 Å². The number of aromatic nitrogens is 2. The predicted octanol–water partition coefficient (Wildman–Crippen LogP) is 3.65. The molecule has 1 atom stereocenters. The third-order valence-electron chi connectivity index (χ3n) is 5.46. The molecule has 0 bridgehead atoms. The Hall–Kier alpha value is -2.21. The van der Waals surface area contributed by atoms with E-state index < -0.39 is 0 Å². The second-order valence-corrected chi connectivity index (χ2v) is 7.72. The third-order valence-corrected chi connectivity index (χ3v) is 5.46. The lowest BCUT2D eigenvalue weighted by atomic mass is 10.0. The summed E-state index contributed by atoms with van der Waals surface area (Å²) in [4.78, 5) is 19.1. The second-order valence-electron chi connectivity index (χ2n) is 7.72. The van der Waals surface area contributed by atoms with Crippen molar-refractivity contribution < 1.29 is 9.32 Å². The first-order chi connectivity index (χ1) is 13.7. The van der Waals surface area contributed by atoms with Crippen molar-refractivity contribution in [1.82, 2.24) is 20.4 Å². The Kier molecular flexibility index (Phi) is 7.60. The van der Waals surface area contributed by atoms with Crippen molar-refractivity contribution in [3.63, 3.8) is 0 Å². The van der Waals surface area contributed by atoms with Gasteiger partial charge in [-0.25, -0.2) is 0 Å². The highest BCUT2D eigenvalue weighted by atomic mass is 16.5. The second kappa shape index (κ2) is 10.4. The molecule has 1 N–H and O–H groups in total. The summed E-state index contributed by atoms with van der Waals surface area (Å²) in [5.74, 6) is 1.27. The third kappa shape index (κ3) is 5.89. The monoisotopic (exact) mass is 384 g/mol. The lowest BCUT2D eigenvalue weighted by molar-refractivity contribution is -0.121. The van der Waals surface area contributed by atoms with Crippen molar-refractivity contribution in [3.05, 3.63) is 47.1 Å². The fraction of sp³-hybridized carbons (Fsp3) is 0.591. The van der Waals surface area contributed by atoms with Crippen molar-refractivity contribution in [3.8, 4) is 0 Å². The molecule has 1 amide bonds. The summed E-state index contributed by atoms with van der Waals surface area (Å²) in [5.41, 5.74) is 2.49. The lowest BCUT2D eigenvalue weighted by Gasteiger charge is -2.33. The molecule has 6 nitrogen and oxygen atoms in total. The number of likely N-dealkylation sites (tertiary alicyclic amines) is 1. The minimum absolute atomic E-state index is 0.0105. The average molecular weight is 385 g/mol. The number of carbonyl (C=O) groups is 1. The molecule has 1 aliphatic heterocycles. The van der Waals surface area contributed by atoms with Crippen LogP contribution >= 0.6 is 0 Å². The summed E-state index contributed by atoms with van der Waals surface area (Å²) in [6.45, 7) is 7.06. The van der Waals surface area contributed by atoms with Gasteiger partial charge in [-0.3, -0.25) is 9.69 Å². The molecule has 2 heterocycles. The molecule has 28 heavy (non-hydrogen) atoms. The molecule has 1 aromatic carbocycles. The Morgan fingerprint density at radius 3 is 2.86 bits per heavy atom. The van der Waals surface area contributed by atoms with Gasteiger partial charge in [0, 0.05) is 38.4 Å². The number of amides is 1. The summed E-state index contributed by atoms with van der Waals surface area (Å²) in [5, 5.41) is 6.97. The quantitative estimate of drug-likeness (QED) is 0.715. The molecule has 0 saturated carbocycles. The first-order valence-electron chi connectivity index (χ1n) is 10.5. The van der Waals surface area contributed by atoms with Crippen LogP contribution in [-0.2, 0) is 30.7 Å². The number of piperidine rings is 1. The Balaban J connectivity index is 1.49. The minimum Gasteiger partial charge on any atom is -0.352 e. The number of aryl methyl sites for hydroxylation is 2. The van der Waals surface area contributed by atoms with E-state index in [0.717, 1.165) is 31.8 Å². The van der Waals surface area contributed by atoms with E-state index in [0.29, 0.717) is 31.3 Å². The fourth-order valence-corrected chi connectivity index (χ4v) is 3.72. The number of carbonyl (C=O) groups excluding carboxylic acids is 1. The van der Waals surface area contributed by atoms with E-state index in [1.165, 1.54) is 30.4 Å².